The van der Waals surface area contributed by atoms with Crippen molar-refractivity contribution < 1.29 is 8.78 Å². The molecule has 176 valence electrons. The predicted molar refractivity (Wildman–Crippen MR) is 125 cm³/mol. The molecule has 0 radical (unpaired) electrons. The van der Waals surface area contributed by atoms with Gasteiger partial charge in [-0.1, -0.05) is 96.8 Å². The van der Waals surface area contributed by atoms with Crippen molar-refractivity contribution in [2.45, 2.75) is 135 Å². The van der Waals surface area contributed by atoms with Crippen LogP contribution in [0.4, 0.5) is 8.78 Å². The average Bonchev–Trinajstić information content (AvgIpc) is 2.78. The van der Waals surface area contributed by atoms with Crippen LogP contribution in [0.2, 0.25) is 0 Å². The van der Waals surface area contributed by atoms with E-state index in [0.29, 0.717) is 11.8 Å². The summed E-state index contributed by atoms with van der Waals surface area (Å²) in [5, 5.41) is 0. The summed E-state index contributed by atoms with van der Waals surface area (Å²) in [6, 6.07) is 0. The van der Waals surface area contributed by atoms with Gasteiger partial charge in [0.05, 0.1) is 6.67 Å². The van der Waals surface area contributed by atoms with E-state index in [9.17, 15) is 8.78 Å². The fourth-order valence-electron chi connectivity index (χ4n) is 7.16. The number of alkyl halides is 2. The highest BCUT2D eigenvalue weighted by Crippen LogP contribution is 2.41. The minimum absolute atomic E-state index is 0.133. The second-order valence-electron chi connectivity index (χ2n) is 11.5. The van der Waals surface area contributed by atoms with Gasteiger partial charge in [-0.3, -0.25) is 4.39 Å². The SMILES string of the molecule is CCCC1CCC(C(F)CC2CCC(CCC3CCC(CCCF)CC3)CC2)CC1. The first-order valence-corrected chi connectivity index (χ1v) is 13.9. The van der Waals surface area contributed by atoms with Crippen LogP contribution < -0.4 is 0 Å². The number of hydrogen-bond acceptors (Lipinski definition) is 0. The van der Waals surface area contributed by atoms with E-state index >= 15 is 0 Å². The van der Waals surface area contributed by atoms with Crippen LogP contribution in [0.3, 0.4) is 0 Å². The molecule has 0 aromatic carbocycles. The molecule has 0 spiro atoms. The highest BCUT2D eigenvalue weighted by molar-refractivity contribution is 4.82. The van der Waals surface area contributed by atoms with Crippen LogP contribution in [0.1, 0.15) is 129 Å². The molecule has 0 amide bonds. The van der Waals surface area contributed by atoms with Crippen LogP contribution in [0.15, 0.2) is 0 Å². The summed E-state index contributed by atoms with van der Waals surface area (Å²) in [5.74, 6) is 4.57. The summed E-state index contributed by atoms with van der Waals surface area (Å²) in [6.07, 6.45) is 23.3. The van der Waals surface area contributed by atoms with Crippen molar-refractivity contribution in [1.29, 1.82) is 0 Å². The van der Waals surface area contributed by atoms with Gasteiger partial charge in [-0.15, -0.1) is 0 Å². The van der Waals surface area contributed by atoms with Crippen molar-refractivity contribution in [3.05, 3.63) is 0 Å². The maximum absolute atomic E-state index is 15.0. The van der Waals surface area contributed by atoms with Crippen LogP contribution in [0, 0.1) is 35.5 Å². The molecule has 0 aromatic heterocycles. The number of rotatable bonds is 11. The van der Waals surface area contributed by atoms with Crippen LogP contribution in [0.25, 0.3) is 0 Å². The standard InChI is InChI=1S/C28H50F2/c1-2-4-22-16-18-27(19-17-22)28(30)21-26-14-12-25(13-15-26)11-10-24-8-6-23(7-9-24)5-3-20-29/h22-28H,2-21H2,1H3. The van der Waals surface area contributed by atoms with Gasteiger partial charge in [0.15, 0.2) is 0 Å². The topological polar surface area (TPSA) is 0 Å². The number of hydrogen-bond donors (Lipinski definition) is 0. The van der Waals surface area contributed by atoms with Crippen molar-refractivity contribution in [1.82, 2.24) is 0 Å². The Balaban J connectivity index is 1.25. The predicted octanol–water partition coefficient (Wildman–Crippen LogP) is 9.46. The largest absolute Gasteiger partial charge is 0.251 e. The molecule has 0 heterocycles. The first kappa shape index (κ1) is 24.5. The van der Waals surface area contributed by atoms with Gasteiger partial charge in [-0.05, 0) is 67.6 Å². The van der Waals surface area contributed by atoms with Gasteiger partial charge < -0.3 is 0 Å². The molecule has 3 fully saturated rings. The van der Waals surface area contributed by atoms with E-state index in [2.05, 4.69) is 6.92 Å². The average molecular weight is 425 g/mol. The lowest BCUT2D eigenvalue weighted by Crippen LogP contribution is -2.26. The summed E-state index contributed by atoms with van der Waals surface area (Å²) < 4.78 is 27.3. The third-order valence-corrected chi connectivity index (χ3v) is 9.32. The van der Waals surface area contributed by atoms with Crippen molar-refractivity contribution >= 4 is 0 Å². The molecule has 0 saturated heterocycles. The molecule has 0 aromatic rings. The van der Waals surface area contributed by atoms with E-state index in [4.69, 9.17) is 0 Å². The summed E-state index contributed by atoms with van der Waals surface area (Å²) in [4.78, 5) is 0. The van der Waals surface area contributed by atoms with E-state index in [1.54, 1.807) is 0 Å². The lowest BCUT2D eigenvalue weighted by atomic mass is 9.72. The van der Waals surface area contributed by atoms with Crippen molar-refractivity contribution in [2.75, 3.05) is 6.67 Å². The van der Waals surface area contributed by atoms with Crippen molar-refractivity contribution in [3.63, 3.8) is 0 Å². The smallest absolute Gasteiger partial charge is 0.103 e. The molecule has 30 heavy (non-hydrogen) atoms. The molecule has 0 nitrogen and oxygen atoms in total. The van der Waals surface area contributed by atoms with Crippen molar-refractivity contribution in [2.24, 2.45) is 35.5 Å². The van der Waals surface area contributed by atoms with E-state index in [0.717, 1.165) is 55.8 Å². The molecule has 0 bridgehead atoms. The highest BCUT2D eigenvalue weighted by atomic mass is 19.1. The zero-order valence-electron chi connectivity index (χ0n) is 19.9. The van der Waals surface area contributed by atoms with E-state index < -0.39 is 6.17 Å². The Labute approximate surface area is 186 Å². The van der Waals surface area contributed by atoms with E-state index in [1.807, 2.05) is 0 Å². The summed E-state index contributed by atoms with van der Waals surface area (Å²) in [5.41, 5.74) is 0. The van der Waals surface area contributed by atoms with Crippen LogP contribution in [-0.4, -0.2) is 12.8 Å². The van der Waals surface area contributed by atoms with Crippen molar-refractivity contribution in [3.8, 4) is 0 Å². The van der Waals surface area contributed by atoms with Gasteiger partial charge in [0.25, 0.3) is 0 Å². The summed E-state index contributed by atoms with van der Waals surface area (Å²) in [6.45, 7) is 2.15. The van der Waals surface area contributed by atoms with Gasteiger partial charge in [0.1, 0.15) is 6.17 Å². The Morgan fingerprint density at radius 2 is 1.03 bits per heavy atom. The van der Waals surface area contributed by atoms with E-state index in [-0.39, 0.29) is 6.67 Å². The Hall–Kier alpha value is -0.140. The van der Waals surface area contributed by atoms with E-state index in [1.165, 1.54) is 89.9 Å². The lowest BCUT2D eigenvalue weighted by molar-refractivity contribution is 0.112. The molecular weight excluding hydrogens is 374 g/mol. The molecule has 3 aliphatic carbocycles. The second-order valence-corrected chi connectivity index (χ2v) is 11.5. The van der Waals surface area contributed by atoms with Gasteiger partial charge in [0.2, 0.25) is 0 Å². The number of halogens is 2. The quantitative estimate of drug-likeness (QED) is 0.310. The Bertz CT molecular complexity index is 426. The van der Waals surface area contributed by atoms with Gasteiger partial charge in [-0.25, -0.2) is 4.39 Å². The first-order valence-electron chi connectivity index (χ1n) is 13.9. The van der Waals surface area contributed by atoms with Gasteiger partial charge >= 0.3 is 0 Å². The zero-order chi connectivity index (χ0) is 21.2. The molecule has 3 saturated carbocycles. The van der Waals surface area contributed by atoms with Crippen LogP contribution in [-0.2, 0) is 0 Å². The fraction of sp³-hybridized carbons (Fsp3) is 1.00. The maximum Gasteiger partial charge on any atom is 0.103 e. The Morgan fingerprint density at radius 3 is 1.53 bits per heavy atom. The normalized spacial score (nSPS) is 36.5. The second kappa shape index (κ2) is 13.4. The third-order valence-electron chi connectivity index (χ3n) is 9.32. The lowest BCUT2D eigenvalue weighted by Gasteiger charge is -2.34. The third kappa shape index (κ3) is 8.09. The highest BCUT2D eigenvalue weighted by Gasteiger charge is 2.31. The monoisotopic (exact) mass is 424 g/mol. The van der Waals surface area contributed by atoms with Gasteiger partial charge in [0, 0.05) is 0 Å². The maximum atomic E-state index is 15.0. The minimum Gasteiger partial charge on any atom is -0.251 e. The van der Waals surface area contributed by atoms with Gasteiger partial charge in [-0.2, -0.15) is 0 Å². The molecule has 0 aliphatic heterocycles. The molecule has 0 N–H and O–H groups in total. The molecule has 1 atom stereocenters. The summed E-state index contributed by atoms with van der Waals surface area (Å²) >= 11 is 0. The summed E-state index contributed by atoms with van der Waals surface area (Å²) in [7, 11) is 0. The zero-order valence-corrected chi connectivity index (χ0v) is 19.9. The minimum atomic E-state index is -0.526. The van der Waals surface area contributed by atoms with Crippen LogP contribution in [0.5, 0.6) is 0 Å². The molecule has 1 unspecified atom stereocenters. The Morgan fingerprint density at radius 1 is 0.600 bits per heavy atom. The molecular formula is C28H50F2. The molecule has 3 aliphatic rings. The Kier molecular flexibility index (Phi) is 11.0. The molecule has 3 rings (SSSR count). The fourth-order valence-corrected chi connectivity index (χ4v) is 7.16. The first-order chi connectivity index (χ1) is 14.7. The molecule has 2 heteroatoms. The van der Waals surface area contributed by atoms with Crippen LogP contribution >= 0.6 is 0 Å².